The van der Waals surface area contributed by atoms with Gasteiger partial charge in [-0.2, -0.15) is 0 Å². The third-order valence-corrected chi connectivity index (χ3v) is 6.33. The number of aliphatic hydroxyl groups excluding tert-OH is 1. The summed E-state index contributed by atoms with van der Waals surface area (Å²) in [7, 11) is 0. The fourth-order valence-electron chi connectivity index (χ4n) is 4.86. The van der Waals surface area contributed by atoms with Crippen LogP contribution in [0.15, 0.2) is 12.3 Å². The molecule has 2 heterocycles. The summed E-state index contributed by atoms with van der Waals surface area (Å²) >= 11 is 0. The van der Waals surface area contributed by atoms with Crippen molar-refractivity contribution in [3.63, 3.8) is 0 Å². The maximum atomic E-state index is 12.7. The molecule has 2 N–H and O–H groups in total. The minimum atomic E-state index is -0.252. The first kappa shape index (κ1) is 16.8. The number of urea groups is 1. The average molecular weight is 343 g/mol. The van der Waals surface area contributed by atoms with E-state index < -0.39 is 0 Å². The SMILES string of the molecule is O=C(Nc1cnc2c(c1)CCCC2)N1CC[C@@H](O)[C@H](C2CCCC2)C1. The Hall–Kier alpha value is -1.62. The van der Waals surface area contributed by atoms with Gasteiger partial charge in [0.1, 0.15) is 0 Å². The zero-order valence-electron chi connectivity index (χ0n) is 14.9. The zero-order valence-corrected chi connectivity index (χ0v) is 14.9. The lowest BCUT2D eigenvalue weighted by molar-refractivity contribution is 0.0144. The minimum absolute atomic E-state index is 0.0487. The number of carbonyl (C=O) groups excluding carboxylic acids is 1. The molecule has 0 spiro atoms. The third-order valence-electron chi connectivity index (χ3n) is 6.33. The van der Waals surface area contributed by atoms with Gasteiger partial charge in [0.05, 0.1) is 18.0 Å². The van der Waals surface area contributed by atoms with Crippen molar-refractivity contribution in [2.24, 2.45) is 11.8 Å². The van der Waals surface area contributed by atoms with Gasteiger partial charge in [-0.05, 0) is 49.7 Å². The van der Waals surface area contributed by atoms with Gasteiger partial charge in [-0.15, -0.1) is 0 Å². The van der Waals surface area contributed by atoms with Crippen LogP contribution in [0, 0.1) is 11.8 Å². The van der Waals surface area contributed by atoms with E-state index in [1.54, 1.807) is 6.20 Å². The maximum Gasteiger partial charge on any atom is 0.321 e. The van der Waals surface area contributed by atoms with Gasteiger partial charge >= 0.3 is 6.03 Å². The Morgan fingerprint density at radius 1 is 1.16 bits per heavy atom. The molecule has 1 aromatic rings. The lowest BCUT2D eigenvalue weighted by Crippen LogP contribution is -2.49. The van der Waals surface area contributed by atoms with Gasteiger partial charge in [-0.25, -0.2) is 4.79 Å². The predicted octanol–water partition coefficient (Wildman–Crippen LogP) is 3.37. The first-order valence-corrected chi connectivity index (χ1v) is 9.92. The third kappa shape index (κ3) is 3.66. The van der Waals surface area contributed by atoms with E-state index in [0.717, 1.165) is 18.5 Å². The summed E-state index contributed by atoms with van der Waals surface area (Å²) in [4.78, 5) is 19.1. The molecule has 2 atom stereocenters. The van der Waals surface area contributed by atoms with Crippen molar-refractivity contribution in [3.8, 4) is 0 Å². The second-order valence-corrected chi connectivity index (χ2v) is 7.98. The van der Waals surface area contributed by atoms with Crippen LogP contribution in [-0.2, 0) is 12.8 Å². The van der Waals surface area contributed by atoms with Crippen LogP contribution in [0.5, 0.6) is 0 Å². The summed E-state index contributed by atoms with van der Waals surface area (Å²) in [6.45, 7) is 1.31. The average Bonchev–Trinajstić information content (AvgIpc) is 3.16. The molecule has 25 heavy (non-hydrogen) atoms. The Morgan fingerprint density at radius 2 is 1.96 bits per heavy atom. The number of fused-ring (bicyclic) bond motifs is 1. The Balaban J connectivity index is 1.40. The highest BCUT2D eigenvalue weighted by atomic mass is 16.3. The zero-order chi connectivity index (χ0) is 17.2. The van der Waals surface area contributed by atoms with Gasteiger partial charge < -0.3 is 15.3 Å². The highest BCUT2D eigenvalue weighted by Gasteiger charge is 2.36. The summed E-state index contributed by atoms with van der Waals surface area (Å²) in [6, 6.07) is 2.04. The predicted molar refractivity (Wildman–Crippen MR) is 97.5 cm³/mol. The summed E-state index contributed by atoms with van der Waals surface area (Å²) in [5.74, 6) is 0.819. The van der Waals surface area contributed by atoms with Crippen molar-refractivity contribution in [1.29, 1.82) is 0 Å². The summed E-state index contributed by atoms with van der Waals surface area (Å²) in [5, 5.41) is 13.4. The molecule has 1 aliphatic heterocycles. The molecule has 1 saturated heterocycles. The Labute approximate surface area is 149 Å². The molecule has 0 unspecified atom stereocenters. The topological polar surface area (TPSA) is 65.5 Å². The van der Waals surface area contributed by atoms with Crippen molar-refractivity contribution >= 4 is 11.7 Å². The Morgan fingerprint density at radius 3 is 2.80 bits per heavy atom. The molecule has 3 aliphatic rings. The smallest absolute Gasteiger partial charge is 0.321 e. The van der Waals surface area contributed by atoms with Crippen LogP contribution in [-0.4, -0.2) is 40.2 Å². The Kier molecular flexibility index (Phi) is 4.93. The normalized spacial score (nSPS) is 27.2. The van der Waals surface area contributed by atoms with E-state index in [9.17, 15) is 9.90 Å². The fourth-order valence-corrected chi connectivity index (χ4v) is 4.86. The first-order valence-electron chi connectivity index (χ1n) is 9.92. The number of nitrogens with one attached hydrogen (secondary N) is 1. The van der Waals surface area contributed by atoms with E-state index >= 15 is 0 Å². The number of hydrogen-bond acceptors (Lipinski definition) is 3. The van der Waals surface area contributed by atoms with E-state index in [1.807, 2.05) is 4.90 Å². The lowest BCUT2D eigenvalue weighted by atomic mass is 9.82. The van der Waals surface area contributed by atoms with E-state index in [2.05, 4.69) is 16.4 Å². The van der Waals surface area contributed by atoms with Gasteiger partial charge in [0, 0.05) is 24.7 Å². The van der Waals surface area contributed by atoms with Gasteiger partial charge in [0.15, 0.2) is 0 Å². The van der Waals surface area contributed by atoms with E-state index in [4.69, 9.17) is 0 Å². The quantitative estimate of drug-likeness (QED) is 0.865. The van der Waals surface area contributed by atoms with Crippen molar-refractivity contribution in [2.75, 3.05) is 18.4 Å². The molecule has 2 aliphatic carbocycles. The van der Waals surface area contributed by atoms with Gasteiger partial charge in [0.25, 0.3) is 0 Å². The van der Waals surface area contributed by atoms with Crippen molar-refractivity contribution in [1.82, 2.24) is 9.88 Å². The monoisotopic (exact) mass is 343 g/mol. The molecule has 2 amide bonds. The van der Waals surface area contributed by atoms with E-state index in [-0.39, 0.29) is 18.1 Å². The number of aromatic nitrogens is 1. The number of rotatable bonds is 2. The van der Waals surface area contributed by atoms with Crippen LogP contribution >= 0.6 is 0 Å². The second kappa shape index (κ2) is 7.32. The van der Waals surface area contributed by atoms with Crippen molar-refractivity contribution in [3.05, 3.63) is 23.5 Å². The van der Waals surface area contributed by atoms with Gasteiger partial charge in [0.2, 0.25) is 0 Å². The maximum absolute atomic E-state index is 12.7. The van der Waals surface area contributed by atoms with Crippen LogP contribution < -0.4 is 5.32 Å². The molecule has 0 aromatic carbocycles. The molecule has 0 bridgehead atoms. The highest BCUT2D eigenvalue weighted by Crippen LogP contribution is 2.36. The molecule has 0 radical (unpaired) electrons. The van der Waals surface area contributed by atoms with Crippen LogP contribution in [0.1, 0.15) is 56.2 Å². The van der Waals surface area contributed by atoms with E-state index in [1.165, 1.54) is 49.8 Å². The van der Waals surface area contributed by atoms with E-state index in [0.29, 0.717) is 25.4 Å². The number of amides is 2. The molecule has 5 heteroatoms. The molecular formula is C20H29N3O2. The number of carbonyl (C=O) groups is 1. The molecule has 4 rings (SSSR count). The highest BCUT2D eigenvalue weighted by molar-refractivity contribution is 5.89. The number of pyridine rings is 1. The largest absolute Gasteiger partial charge is 0.393 e. The number of aryl methyl sites for hydroxylation is 2. The molecular weight excluding hydrogens is 314 g/mol. The fraction of sp³-hybridized carbons (Fsp3) is 0.700. The lowest BCUT2D eigenvalue weighted by Gasteiger charge is -2.39. The van der Waals surface area contributed by atoms with Crippen LogP contribution in [0.25, 0.3) is 0 Å². The van der Waals surface area contributed by atoms with Crippen LogP contribution in [0.2, 0.25) is 0 Å². The number of hydrogen-bond donors (Lipinski definition) is 2. The van der Waals surface area contributed by atoms with Crippen molar-refractivity contribution in [2.45, 2.75) is 63.9 Å². The summed E-state index contributed by atoms with van der Waals surface area (Å²) in [5.41, 5.74) is 3.27. The number of anilines is 1. The molecule has 136 valence electrons. The van der Waals surface area contributed by atoms with Gasteiger partial charge in [-0.1, -0.05) is 25.7 Å². The number of aliphatic hydroxyl groups is 1. The molecule has 2 fully saturated rings. The van der Waals surface area contributed by atoms with Gasteiger partial charge in [-0.3, -0.25) is 4.98 Å². The second-order valence-electron chi connectivity index (χ2n) is 7.98. The minimum Gasteiger partial charge on any atom is -0.393 e. The summed E-state index contributed by atoms with van der Waals surface area (Å²) < 4.78 is 0. The van der Waals surface area contributed by atoms with Crippen LogP contribution in [0.4, 0.5) is 10.5 Å². The van der Waals surface area contributed by atoms with Crippen LogP contribution in [0.3, 0.4) is 0 Å². The number of piperidine rings is 1. The number of nitrogens with zero attached hydrogens (tertiary/aromatic N) is 2. The number of likely N-dealkylation sites (tertiary alicyclic amines) is 1. The summed E-state index contributed by atoms with van der Waals surface area (Å²) in [6.07, 6.45) is 11.7. The standard InChI is InChI=1S/C20H29N3O2/c24-19-9-10-23(13-17(19)14-5-1-2-6-14)20(25)22-16-11-15-7-3-4-8-18(15)21-12-16/h11-12,14,17,19,24H,1-10,13H2,(H,22,25)/t17-,19+/m0/s1. The molecule has 5 nitrogen and oxygen atoms in total. The molecule has 1 aromatic heterocycles. The van der Waals surface area contributed by atoms with Crippen molar-refractivity contribution < 1.29 is 9.90 Å². The molecule has 1 saturated carbocycles. The Bertz CT molecular complexity index is 627. The first-order chi connectivity index (χ1) is 12.2.